The zero-order valence-corrected chi connectivity index (χ0v) is 9.65. The number of carbonyl (C=O) groups is 1. The molecule has 0 aliphatic rings. The summed E-state index contributed by atoms with van der Waals surface area (Å²) in [7, 11) is 0. The van der Waals surface area contributed by atoms with Gasteiger partial charge in [-0.25, -0.2) is 4.39 Å². The van der Waals surface area contributed by atoms with Crippen LogP contribution >= 0.6 is 0 Å². The van der Waals surface area contributed by atoms with Gasteiger partial charge in [0.15, 0.2) is 5.78 Å². The molecule has 0 aromatic heterocycles. The molecule has 98 valence electrons. The third-order valence-electron chi connectivity index (χ3n) is 2.43. The molecular weight excluding hydrogens is 257 g/mol. The van der Waals surface area contributed by atoms with E-state index in [2.05, 4.69) is 4.74 Å². The number of ketones is 1. The molecule has 0 unspecified atom stereocenters. The van der Waals surface area contributed by atoms with E-state index in [1.165, 1.54) is 42.5 Å². The fraction of sp³-hybridized carbons (Fsp3) is 0.0714. The summed E-state index contributed by atoms with van der Waals surface area (Å²) in [5, 5.41) is 0. The van der Waals surface area contributed by atoms with Crippen LogP contribution in [0.5, 0.6) is 5.75 Å². The first-order valence-corrected chi connectivity index (χ1v) is 5.41. The molecule has 0 amide bonds. The molecule has 0 aliphatic heterocycles. The Labute approximate surface area is 107 Å². The van der Waals surface area contributed by atoms with E-state index in [0.717, 1.165) is 6.07 Å². The van der Waals surface area contributed by atoms with E-state index in [-0.39, 0.29) is 22.7 Å². The largest absolute Gasteiger partial charge is 0.435 e. The van der Waals surface area contributed by atoms with Crippen LogP contribution in [-0.4, -0.2) is 12.4 Å². The van der Waals surface area contributed by atoms with Crippen molar-refractivity contribution in [2.24, 2.45) is 0 Å². The third-order valence-corrected chi connectivity index (χ3v) is 2.43. The van der Waals surface area contributed by atoms with Gasteiger partial charge in [-0.2, -0.15) is 8.78 Å². The summed E-state index contributed by atoms with van der Waals surface area (Å²) in [6.07, 6.45) is 0. The Hall–Kier alpha value is -2.30. The Morgan fingerprint density at radius 2 is 1.68 bits per heavy atom. The highest BCUT2D eigenvalue weighted by molar-refractivity contribution is 6.09. The van der Waals surface area contributed by atoms with Crippen molar-refractivity contribution in [1.82, 2.24) is 0 Å². The first-order chi connectivity index (χ1) is 9.06. The van der Waals surface area contributed by atoms with Gasteiger partial charge in [0.1, 0.15) is 11.6 Å². The first-order valence-electron chi connectivity index (χ1n) is 5.41. The van der Waals surface area contributed by atoms with Crippen LogP contribution in [-0.2, 0) is 0 Å². The monoisotopic (exact) mass is 266 g/mol. The average molecular weight is 266 g/mol. The second-order valence-corrected chi connectivity index (χ2v) is 3.74. The number of benzene rings is 2. The van der Waals surface area contributed by atoms with Crippen LogP contribution in [0.3, 0.4) is 0 Å². The van der Waals surface area contributed by atoms with Crippen molar-refractivity contribution in [1.29, 1.82) is 0 Å². The van der Waals surface area contributed by atoms with Crippen molar-refractivity contribution in [3.05, 3.63) is 65.5 Å². The minimum Gasteiger partial charge on any atom is -0.435 e. The Kier molecular flexibility index (Phi) is 3.85. The summed E-state index contributed by atoms with van der Waals surface area (Å²) in [6, 6.07) is 10.5. The summed E-state index contributed by atoms with van der Waals surface area (Å²) < 4.78 is 41.1. The topological polar surface area (TPSA) is 26.3 Å². The smallest absolute Gasteiger partial charge is 0.387 e. The van der Waals surface area contributed by atoms with Crippen LogP contribution in [0.15, 0.2) is 48.5 Å². The highest BCUT2D eigenvalue weighted by Gasteiger charge is 2.10. The zero-order valence-electron chi connectivity index (χ0n) is 9.65. The SMILES string of the molecule is O=C(c1ccc(OC(F)F)cc1)c1cccc(F)c1. The van der Waals surface area contributed by atoms with Crippen LogP contribution < -0.4 is 4.74 Å². The highest BCUT2D eigenvalue weighted by Crippen LogP contribution is 2.17. The van der Waals surface area contributed by atoms with Gasteiger partial charge in [0.2, 0.25) is 0 Å². The van der Waals surface area contributed by atoms with Crippen LogP contribution in [0, 0.1) is 5.82 Å². The number of carbonyl (C=O) groups excluding carboxylic acids is 1. The Morgan fingerprint density at radius 1 is 1.00 bits per heavy atom. The van der Waals surface area contributed by atoms with E-state index >= 15 is 0 Å². The molecule has 0 radical (unpaired) electrons. The minimum atomic E-state index is -2.91. The molecule has 0 atom stereocenters. The van der Waals surface area contributed by atoms with E-state index in [9.17, 15) is 18.0 Å². The van der Waals surface area contributed by atoms with Crippen molar-refractivity contribution in [2.75, 3.05) is 0 Å². The van der Waals surface area contributed by atoms with Crippen molar-refractivity contribution < 1.29 is 22.7 Å². The van der Waals surface area contributed by atoms with E-state index in [0.29, 0.717) is 0 Å². The predicted molar refractivity (Wildman–Crippen MR) is 62.9 cm³/mol. The van der Waals surface area contributed by atoms with Gasteiger partial charge >= 0.3 is 6.61 Å². The maximum Gasteiger partial charge on any atom is 0.387 e. The van der Waals surface area contributed by atoms with Gasteiger partial charge in [-0.1, -0.05) is 12.1 Å². The van der Waals surface area contributed by atoms with E-state index < -0.39 is 12.4 Å². The summed E-state index contributed by atoms with van der Waals surface area (Å²) in [5.74, 6) is -0.933. The second kappa shape index (κ2) is 5.56. The molecule has 0 aliphatic carbocycles. The molecule has 2 rings (SSSR count). The quantitative estimate of drug-likeness (QED) is 0.789. The molecule has 5 heteroatoms. The van der Waals surface area contributed by atoms with E-state index in [1.807, 2.05) is 0 Å². The normalized spacial score (nSPS) is 10.5. The molecule has 0 heterocycles. The lowest BCUT2D eigenvalue weighted by atomic mass is 10.0. The average Bonchev–Trinajstić information content (AvgIpc) is 2.38. The summed E-state index contributed by atoms with van der Waals surface area (Å²) in [5.41, 5.74) is 0.467. The Balaban J connectivity index is 2.20. The van der Waals surface area contributed by atoms with Crippen LogP contribution in [0.1, 0.15) is 15.9 Å². The Morgan fingerprint density at radius 3 is 2.26 bits per heavy atom. The number of ether oxygens (including phenoxy) is 1. The summed E-state index contributed by atoms with van der Waals surface area (Å²) in [4.78, 5) is 12.0. The van der Waals surface area contributed by atoms with Crippen molar-refractivity contribution in [2.45, 2.75) is 6.61 Å². The fourth-order valence-electron chi connectivity index (χ4n) is 1.58. The molecule has 2 aromatic rings. The molecule has 2 aromatic carbocycles. The molecule has 0 N–H and O–H groups in total. The Bertz CT molecular complexity index is 579. The number of halogens is 3. The van der Waals surface area contributed by atoms with Crippen molar-refractivity contribution >= 4 is 5.78 Å². The van der Waals surface area contributed by atoms with Gasteiger partial charge in [-0.05, 0) is 36.4 Å². The molecule has 0 spiro atoms. The predicted octanol–water partition coefficient (Wildman–Crippen LogP) is 3.66. The standard InChI is InChI=1S/C14H9F3O2/c15-11-3-1-2-10(8-11)13(18)9-4-6-12(7-5-9)19-14(16)17/h1-8,14H. The van der Waals surface area contributed by atoms with Crippen molar-refractivity contribution in [3.63, 3.8) is 0 Å². The maximum absolute atomic E-state index is 13.0. The molecule has 0 fully saturated rings. The van der Waals surface area contributed by atoms with Gasteiger partial charge < -0.3 is 4.74 Å². The van der Waals surface area contributed by atoms with Gasteiger partial charge in [-0.3, -0.25) is 4.79 Å². The van der Waals surface area contributed by atoms with Crippen LogP contribution in [0.4, 0.5) is 13.2 Å². The highest BCUT2D eigenvalue weighted by atomic mass is 19.3. The fourth-order valence-corrected chi connectivity index (χ4v) is 1.58. The molecule has 0 bridgehead atoms. The van der Waals surface area contributed by atoms with Gasteiger partial charge in [0, 0.05) is 11.1 Å². The molecule has 0 saturated heterocycles. The zero-order chi connectivity index (χ0) is 13.8. The number of hydrogen-bond donors (Lipinski definition) is 0. The van der Waals surface area contributed by atoms with Crippen LogP contribution in [0.2, 0.25) is 0 Å². The van der Waals surface area contributed by atoms with E-state index in [1.54, 1.807) is 0 Å². The first kappa shape index (κ1) is 13.1. The summed E-state index contributed by atoms with van der Waals surface area (Å²) in [6.45, 7) is -2.91. The van der Waals surface area contributed by atoms with Crippen molar-refractivity contribution in [3.8, 4) is 5.75 Å². The van der Waals surface area contributed by atoms with Gasteiger partial charge in [-0.15, -0.1) is 0 Å². The second-order valence-electron chi connectivity index (χ2n) is 3.74. The number of hydrogen-bond acceptors (Lipinski definition) is 2. The minimum absolute atomic E-state index is 0.0363. The molecule has 2 nitrogen and oxygen atoms in total. The molecule has 19 heavy (non-hydrogen) atoms. The lowest BCUT2D eigenvalue weighted by Gasteiger charge is -2.05. The lowest BCUT2D eigenvalue weighted by Crippen LogP contribution is -2.04. The van der Waals surface area contributed by atoms with E-state index in [4.69, 9.17) is 0 Å². The van der Waals surface area contributed by atoms with Gasteiger partial charge in [0.25, 0.3) is 0 Å². The summed E-state index contributed by atoms with van der Waals surface area (Å²) >= 11 is 0. The van der Waals surface area contributed by atoms with Gasteiger partial charge in [0.05, 0.1) is 0 Å². The molecular formula is C14H9F3O2. The third kappa shape index (κ3) is 3.34. The van der Waals surface area contributed by atoms with Crippen LogP contribution in [0.25, 0.3) is 0 Å². The molecule has 0 saturated carbocycles. The number of alkyl halides is 2. The lowest BCUT2D eigenvalue weighted by molar-refractivity contribution is -0.0498. The maximum atomic E-state index is 13.0. The number of rotatable bonds is 4.